The highest BCUT2D eigenvalue weighted by molar-refractivity contribution is 7.44. The van der Waals surface area contributed by atoms with Crippen LogP contribution in [0.5, 0.6) is 11.5 Å². The second-order valence-electron chi connectivity index (χ2n) is 20.2. The van der Waals surface area contributed by atoms with Crippen molar-refractivity contribution in [1.29, 1.82) is 5.26 Å². The zero-order valence-electron chi connectivity index (χ0n) is 46.5. The van der Waals surface area contributed by atoms with Gasteiger partial charge in [-0.15, -0.1) is 0 Å². The highest BCUT2D eigenvalue weighted by Gasteiger charge is 2.95. The van der Waals surface area contributed by atoms with Crippen LogP contribution in [0.3, 0.4) is 0 Å². The first kappa shape index (κ1) is 69.5. The molecular weight excluding hydrogens is 1220 g/mol. The van der Waals surface area contributed by atoms with Crippen molar-refractivity contribution in [3.05, 3.63) is 154 Å². The normalized spacial score (nSPS) is 17.2. The number of aryl methyl sites for hydroxylation is 1. The SMILES string of the molecule is COc1ccc(C(OCC2OC(n3ccc(NC(=O)c4ccccc4)nc3=O)CC2OP(OCCC#N)N(C(C)C)C(C)C)(c2ccc(CCC(F)(F)C(F)(F)C(F)(F)C(F)(F)C(F)(F)C(F)(F)C(F)(F)C(F)(F)F)cc2)c2ccc(OC)cc2)cc1. The number of nitrogens with zero attached hydrogens (tertiary/aromatic N) is 4. The highest BCUT2D eigenvalue weighted by Crippen LogP contribution is 2.64. The van der Waals surface area contributed by atoms with Crippen molar-refractivity contribution < 1.29 is 107 Å². The van der Waals surface area contributed by atoms with E-state index in [0.29, 0.717) is 11.5 Å². The molecule has 1 aliphatic heterocycles. The fourth-order valence-corrected chi connectivity index (χ4v) is 10.9. The summed E-state index contributed by atoms with van der Waals surface area (Å²) in [7, 11) is 0.639. The molecule has 4 unspecified atom stereocenters. The van der Waals surface area contributed by atoms with E-state index in [4.69, 9.17) is 28.0 Å². The van der Waals surface area contributed by atoms with Crippen LogP contribution in [0.1, 0.15) is 85.8 Å². The number of hydrogen-bond donors (Lipinski definition) is 1. The zero-order chi connectivity index (χ0) is 64.9. The van der Waals surface area contributed by atoms with Crippen LogP contribution in [0.15, 0.2) is 120 Å². The number of methoxy groups -OCH3 is 2. The Morgan fingerprint density at radius 2 is 1.18 bits per heavy atom. The molecule has 2 heterocycles. The van der Waals surface area contributed by atoms with Gasteiger partial charge in [0.05, 0.1) is 46.0 Å². The van der Waals surface area contributed by atoms with Crippen LogP contribution in [0.4, 0.5) is 80.5 Å². The molecule has 0 aliphatic carbocycles. The molecule has 0 radical (unpaired) electrons. The molecular formula is C56H55F17N5O8P. The first-order chi connectivity index (χ1) is 40.4. The highest BCUT2D eigenvalue weighted by atomic mass is 31.2. The summed E-state index contributed by atoms with van der Waals surface area (Å²) in [6.45, 7) is 6.88. The summed E-state index contributed by atoms with van der Waals surface area (Å²) in [6, 6.07) is 27.2. The average molecular weight is 1280 g/mol. The molecule has 31 heteroatoms. The molecule has 1 fully saturated rings. The fraction of sp³-hybridized carbons (Fsp3) is 0.464. The van der Waals surface area contributed by atoms with Gasteiger partial charge in [-0.25, -0.2) is 9.46 Å². The van der Waals surface area contributed by atoms with E-state index in [1.807, 2.05) is 38.4 Å². The minimum atomic E-state index is -8.76. The van der Waals surface area contributed by atoms with Gasteiger partial charge in [0.2, 0.25) is 0 Å². The van der Waals surface area contributed by atoms with Crippen molar-refractivity contribution in [2.24, 2.45) is 0 Å². The molecule has 4 atom stereocenters. The minimum absolute atomic E-state index is 0.0390. The third kappa shape index (κ3) is 13.7. The molecule has 476 valence electrons. The number of halogens is 17. The maximum atomic E-state index is 15.2. The molecule has 6 rings (SSSR count). The molecule has 1 aliphatic rings. The van der Waals surface area contributed by atoms with Crippen molar-refractivity contribution in [3.8, 4) is 17.6 Å². The standard InChI is InChI=1S/C56H55F17N5O8P/c1-33(2)78(34(3)4)87(84-30-10-28-74)86-42-31-45(77-29-26-44(76-47(77)80)75-46(79)36-11-8-7-9-12-36)85-43(42)32-83-49(38-17-21-40(81-5)22-18-38,39-19-23-41(82-6)24-20-39)37-15-13-35(14-16-37)25-27-48(57,58)50(59,60)51(61,62)52(63,64)53(65,66)54(67,68)55(69,70)56(71,72)73/h7-9,11-24,26,29,33-34,42-43,45H,10,25,27,30-32H2,1-6H3,(H,75,76,79,80). The molecule has 0 spiro atoms. The molecule has 87 heavy (non-hydrogen) atoms. The van der Waals surface area contributed by atoms with Crippen LogP contribution in [-0.4, -0.2) is 119 Å². The van der Waals surface area contributed by atoms with E-state index in [1.54, 1.807) is 18.2 Å². The van der Waals surface area contributed by atoms with E-state index in [2.05, 4.69) is 10.3 Å². The largest absolute Gasteiger partial charge is 0.497 e. The van der Waals surface area contributed by atoms with Crippen LogP contribution in [0, 0.1) is 11.3 Å². The Kier molecular flexibility index (Phi) is 21.2. The number of rotatable bonds is 28. The molecule has 1 aromatic heterocycles. The van der Waals surface area contributed by atoms with Gasteiger partial charge in [-0.05, 0) is 98.8 Å². The minimum Gasteiger partial charge on any atom is -0.497 e. The van der Waals surface area contributed by atoms with Crippen LogP contribution >= 0.6 is 8.53 Å². The van der Waals surface area contributed by atoms with Crippen molar-refractivity contribution in [1.82, 2.24) is 14.2 Å². The molecule has 5 aromatic rings. The maximum absolute atomic E-state index is 15.2. The quantitative estimate of drug-likeness (QED) is 0.0221. The number of carbonyl (C=O) groups is 1. The molecule has 13 nitrogen and oxygen atoms in total. The lowest BCUT2D eigenvalue weighted by molar-refractivity contribution is -0.461. The smallest absolute Gasteiger partial charge is 0.460 e. The lowest BCUT2D eigenvalue weighted by Crippen LogP contribution is -2.74. The maximum Gasteiger partial charge on any atom is 0.460 e. The van der Waals surface area contributed by atoms with Crippen LogP contribution in [0.2, 0.25) is 0 Å². The summed E-state index contributed by atoms with van der Waals surface area (Å²) in [5.74, 6) is -57.4. The molecule has 1 N–H and O–H groups in total. The first-order valence-corrected chi connectivity index (χ1v) is 27.1. The number of benzene rings is 4. The Labute approximate surface area is 487 Å². The van der Waals surface area contributed by atoms with Crippen LogP contribution in [0.25, 0.3) is 0 Å². The third-order valence-electron chi connectivity index (χ3n) is 13.8. The lowest BCUT2D eigenvalue weighted by atomic mass is 9.79. The van der Waals surface area contributed by atoms with Gasteiger partial charge in [0.25, 0.3) is 14.4 Å². The summed E-state index contributed by atoms with van der Waals surface area (Å²) in [4.78, 5) is 30.8. The van der Waals surface area contributed by atoms with Gasteiger partial charge < -0.3 is 33.3 Å². The fourth-order valence-electron chi connectivity index (χ4n) is 9.19. The van der Waals surface area contributed by atoms with E-state index >= 15 is 8.78 Å². The van der Waals surface area contributed by atoms with Gasteiger partial charge in [0.15, 0.2) is 0 Å². The van der Waals surface area contributed by atoms with E-state index in [1.165, 1.54) is 87.1 Å². The Bertz CT molecular complexity index is 3150. The molecule has 4 aromatic carbocycles. The Morgan fingerprint density at radius 1 is 0.701 bits per heavy atom. The monoisotopic (exact) mass is 1280 g/mol. The second kappa shape index (κ2) is 26.6. The molecule has 1 saturated heterocycles. The van der Waals surface area contributed by atoms with Crippen LogP contribution < -0.4 is 20.5 Å². The summed E-state index contributed by atoms with van der Waals surface area (Å²) in [5.41, 5.74) is -2.55. The number of nitriles is 1. The average Bonchev–Trinajstić information content (AvgIpc) is 1.03. The lowest BCUT2D eigenvalue weighted by Gasteiger charge is -2.42. The van der Waals surface area contributed by atoms with Crippen LogP contribution in [-0.2, 0) is 30.5 Å². The summed E-state index contributed by atoms with van der Waals surface area (Å²) in [5, 5.41) is 12.0. The number of ether oxygens (including phenoxy) is 4. The Balaban J connectivity index is 1.41. The van der Waals surface area contributed by atoms with E-state index < -0.39 is 117 Å². The number of hydrogen-bond acceptors (Lipinski definition) is 11. The topological polar surface area (TPSA) is 146 Å². The number of nitrogens with one attached hydrogen (secondary N) is 1. The Hall–Kier alpha value is -6.64. The van der Waals surface area contributed by atoms with Crippen molar-refractivity contribution >= 4 is 20.3 Å². The van der Waals surface area contributed by atoms with E-state index in [-0.39, 0.29) is 59.6 Å². The van der Waals surface area contributed by atoms with Gasteiger partial charge in [0, 0.05) is 36.7 Å². The number of amides is 1. The summed E-state index contributed by atoms with van der Waals surface area (Å²) in [6.07, 6.45) is -14.4. The summed E-state index contributed by atoms with van der Waals surface area (Å²) < 4.78 is 281. The number of alkyl halides is 17. The van der Waals surface area contributed by atoms with E-state index in [0.717, 1.165) is 28.8 Å². The van der Waals surface area contributed by atoms with Gasteiger partial charge in [0.1, 0.15) is 35.2 Å². The van der Waals surface area contributed by atoms with Gasteiger partial charge in [-0.1, -0.05) is 66.7 Å². The second-order valence-corrected chi connectivity index (χ2v) is 21.6. The van der Waals surface area contributed by atoms with Gasteiger partial charge in [-0.2, -0.15) is 84.9 Å². The first-order valence-electron chi connectivity index (χ1n) is 26.0. The number of carbonyl (C=O) groups excluding carboxylic acids is 1. The summed E-state index contributed by atoms with van der Waals surface area (Å²) >= 11 is 0. The predicted octanol–water partition coefficient (Wildman–Crippen LogP) is 14.4. The Morgan fingerprint density at radius 3 is 1.64 bits per heavy atom. The van der Waals surface area contributed by atoms with Crippen molar-refractivity contribution in [2.45, 2.75) is 137 Å². The van der Waals surface area contributed by atoms with Crippen molar-refractivity contribution in [3.63, 3.8) is 0 Å². The predicted molar refractivity (Wildman–Crippen MR) is 279 cm³/mol. The third-order valence-corrected chi connectivity index (χ3v) is 16.0. The zero-order valence-corrected chi connectivity index (χ0v) is 47.4. The molecule has 1 amide bonds. The number of aromatic nitrogens is 2. The van der Waals surface area contributed by atoms with Gasteiger partial charge >= 0.3 is 53.3 Å². The molecule has 0 bridgehead atoms. The van der Waals surface area contributed by atoms with Crippen molar-refractivity contribution in [2.75, 3.05) is 32.8 Å². The van der Waals surface area contributed by atoms with Gasteiger partial charge in [-0.3, -0.25) is 9.36 Å². The van der Waals surface area contributed by atoms with E-state index in [9.17, 15) is 80.7 Å². The molecule has 0 saturated carbocycles. The number of anilines is 1.